The van der Waals surface area contributed by atoms with Crippen molar-refractivity contribution in [2.45, 2.75) is 20.3 Å². The molecule has 0 bridgehead atoms. The number of nitrogens with one attached hydrogen (secondary N) is 2. The molecule has 2 rings (SSSR count). The van der Waals surface area contributed by atoms with Crippen molar-refractivity contribution in [2.24, 2.45) is 5.10 Å². The fourth-order valence-corrected chi connectivity index (χ4v) is 2.68. The molecule has 160 valence electrons. The lowest BCUT2D eigenvalue weighted by atomic mass is 10.1. The topological polar surface area (TPSA) is 64.1 Å². The Morgan fingerprint density at radius 3 is 2.57 bits per heavy atom. The van der Waals surface area contributed by atoms with Crippen LogP contribution in [0.25, 0.3) is 0 Å². The zero-order valence-electron chi connectivity index (χ0n) is 17.7. The minimum atomic E-state index is 0.432. The molecule has 30 heavy (non-hydrogen) atoms. The van der Waals surface area contributed by atoms with Gasteiger partial charge in [0.2, 0.25) is 0 Å². The van der Waals surface area contributed by atoms with Crippen LogP contribution in [0.15, 0.2) is 54.2 Å². The van der Waals surface area contributed by atoms with Crippen LogP contribution in [0.5, 0.6) is 17.2 Å². The Morgan fingerprint density at radius 1 is 1.07 bits per heavy atom. The van der Waals surface area contributed by atoms with Crippen molar-refractivity contribution in [1.29, 1.82) is 0 Å². The van der Waals surface area contributed by atoms with Gasteiger partial charge in [-0.3, -0.25) is 5.43 Å². The molecule has 0 radical (unpaired) electrons. The number of rotatable bonds is 11. The van der Waals surface area contributed by atoms with E-state index in [1.165, 1.54) is 5.56 Å². The first-order valence-electron chi connectivity index (χ1n) is 9.72. The zero-order valence-corrected chi connectivity index (χ0v) is 18.6. The highest BCUT2D eigenvalue weighted by Crippen LogP contribution is 2.27. The van der Waals surface area contributed by atoms with E-state index in [9.17, 15) is 0 Å². The monoisotopic (exact) mass is 427 g/mol. The number of benzene rings is 2. The third-order valence-electron chi connectivity index (χ3n) is 4.12. The molecule has 0 atom stereocenters. The van der Waals surface area contributed by atoms with Gasteiger partial charge in [0, 0.05) is 13.0 Å². The van der Waals surface area contributed by atoms with Crippen LogP contribution < -0.4 is 25.0 Å². The van der Waals surface area contributed by atoms with Crippen molar-refractivity contribution in [3.8, 4) is 17.2 Å². The van der Waals surface area contributed by atoms with Gasteiger partial charge in [0.1, 0.15) is 5.75 Å². The van der Waals surface area contributed by atoms with Crippen molar-refractivity contribution < 1.29 is 14.2 Å². The number of hydrogen-bond donors (Lipinski definition) is 2. The van der Waals surface area contributed by atoms with E-state index in [1.807, 2.05) is 25.1 Å². The molecule has 2 aromatic rings. The molecular weight excluding hydrogens is 398 g/mol. The molecule has 0 aliphatic rings. The second-order valence-corrected chi connectivity index (χ2v) is 7.01. The van der Waals surface area contributed by atoms with Crippen LogP contribution in [-0.2, 0) is 0 Å². The lowest BCUT2D eigenvalue weighted by Gasteiger charge is -2.13. The lowest BCUT2D eigenvalue weighted by Crippen LogP contribution is -2.31. The van der Waals surface area contributed by atoms with Crippen LogP contribution in [0.4, 0.5) is 0 Å². The van der Waals surface area contributed by atoms with E-state index < -0.39 is 0 Å². The average Bonchev–Trinajstić information content (AvgIpc) is 2.74. The highest BCUT2D eigenvalue weighted by molar-refractivity contribution is 7.80. The molecule has 0 aliphatic heterocycles. The van der Waals surface area contributed by atoms with E-state index in [0.717, 1.165) is 23.3 Å². The normalized spacial score (nSPS) is 10.5. The number of hydrogen-bond acceptors (Lipinski definition) is 5. The Hall–Kier alpha value is -3.06. The highest BCUT2D eigenvalue weighted by Gasteiger charge is 2.06. The Kier molecular flexibility index (Phi) is 9.67. The van der Waals surface area contributed by atoms with Crippen LogP contribution in [0, 0.1) is 13.8 Å². The Morgan fingerprint density at radius 2 is 1.83 bits per heavy atom. The molecular formula is C23H29N3O3S. The maximum absolute atomic E-state index is 5.86. The SMILES string of the molecule is C=CCNC(=S)NN=Cc1ccc(OCCCOc2cc(C)ccc2C)c(OC)c1. The Balaban J connectivity index is 1.81. The predicted octanol–water partition coefficient (Wildman–Crippen LogP) is 4.14. The summed E-state index contributed by atoms with van der Waals surface area (Å²) in [6, 6.07) is 11.8. The van der Waals surface area contributed by atoms with Gasteiger partial charge in [0.25, 0.3) is 0 Å². The quantitative estimate of drug-likeness (QED) is 0.185. The van der Waals surface area contributed by atoms with Crippen molar-refractivity contribution >= 4 is 23.5 Å². The summed E-state index contributed by atoms with van der Waals surface area (Å²) in [6.07, 6.45) is 4.14. The van der Waals surface area contributed by atoms with Gasteiger partial charge in [-0.05, 0) is 67.0 Å². The number of aryl methyl sites for hydroxylation is 2. The summed E-state index contributed by atoms with van der Waals surface area (Å²) in [6.45, 7) is 9.41. The molecule has 0 amide bonds. The maximum atomic E-state index is 5.86. The van der Waals surface area contributed by atoms with Crippen LogP contribution in [-0.4, -0.2) is 38.2 Å². The smallest absolute Gasteiger partial charge is 0.187 e. The van der Waals surface area contributed by atoms with Crippen molar-refractivity contribution in [3.63, 3.8) is 0 Å². The first kappa shape index (κ1) is 23.2. The molecule has 0 saturated carbocycles. The third kappa shape index (κ3) is 7.75. The lowest BCUT2D eigenvalue weighted by molar-refractivity contribution is 0.239. The zero-order chi connectivity index (χ0) is 21.8. The number of hydrazone groups is 1. The molecule has 2 N–H and O–H groups in total. The standard InChI is InChI=1S/C23H29N3O3S/c1-5-11-24-23(30)26-25-16-19-9-10-20(22(15-19)27-4)28-12-6-13-29-21-14-17(2)7-8-18(21)3/h5,7-10,14-16H,1,6,11-13H2,2-4H3,(H2,24,26,30). The third-order valence-corrected chi connectivity index (χ3v) is 4.36. The van der Waals surface area contributed by atoms with E-state index in [4.69, 9.17) is 26.4 Å². The van der Waals surface area contributed by atoms with Crippen LogP contribution in [0.2, 0.25) is 0 Å². The van der Waals surface area contributed by atoms with Gasteiger partial charge in [-0.25, -0.2) is 0 Å². The van der Waals surface area contributed by atoms with Gasteiger partial charge < -0.3 is 19.5 Å². The van der Waals surface area contributed by atoms with E-state index in [-0.39, 0.29) is 0 Å². The molecule has 2 aromatic carbocycles. The van der Waals surface area contributed by atoms with Gasteiger partial charge in [0.05, 0.1) is 26.5 Å². The minimum Gasteiger partial charge on any atom is -0.493 e. The highest BCUT2D eigenvalue weighted by atomic mass is 32.1. The molecule has 0 aromatic heterocycles. The molecule has 6 nitrogen and oxygen atoms in total. The molecule has 0 unspecified atom stereocenters. The first-order chi connectivity index (χ1) is 14.5. The summed E-state index contributed by atoms with van der Waals surface area (Å²) >= 11 is 5.08. The fraction of sp³-hybridized carbons (Fsp3) is 0.304. The van der Waals surface area contributed by atoms with Crippen molar-refractivity contribution in [2.75, 3.05) is 26.9 Å². The van der Waals surface area contributed by atoms with Crippen LogP contribution in [0.1, 0.15) is 23.1 Å². The van der Waals surface area contributed by atoms with Crippen LogP contribution in [0.3, 0.4) is 0 Å². The molecule has 0 spiro atoms. The largest absolute Gasteiger partial charge is 0.493 e. The van der Waals surface area contributed by atoms with Crippen LogP contribution >= 0.6 is 12.2 Å². The van der Waals surface area contributed by atoms with E-state index in [1.54, 1.807) is 19.4 Å². The fourth-order valence-electron chi connectivity index (χ4n) is 2.54. The summed E-state index contributed by atoms with van der Waals surface area (Å²) in [7, 11) is 1.61. The second-order valence-electron chi connectivity index (χ2n) is 6.60. The number of nitrogens with zero attached hydrogens (tertiary/aromatic N) is 1. The summed E-state index contributed by atoms with van der Waals surface area (Å²) in [5.41, 5.74) is 5.92. The molecule has 0 aliphatic carbocycles. The van der Waals surface area contributed by atoms with Gasteiger partial charge in [-0.15, -0.1) is 6.58 Å². The van der Waals surface area contributed by atoms with E-state index in [2.05, 4.69) is 47.5 Å². The molecule has 0 fully saturated rings. The first-order valence-corrected chi connectivity index (χ1v) is 10.1. The van der Waals surface area contributed by atoms with Gasteiger partial charge in [-0.1, -0.05) is 18.2 Å². The predicted molar refractivity (Wildman–Crippen MR) is 126 cm³/mol. The molecule has 7 heteroatoms. The van der Waals surface area contributed by atoms with Gasteiger partial charge in [0.15, 0.2) is 16.6 Å². The summed E-state index contributed by atoms with van der Waals surface area (Å²) < 4.78 is 17.2. The van der Waals surface area contributed by atoms with E-state index in [0.29, 0.717) is 36.4 Å². The van der Waals surface area contributed by atoms with Gasteiger partial charge >= 0.3 is 0 Å². The number of ether oxygens (including phenoxy) is 3. The average molecular weight is 428 g/mol. The molecule has 0 heterocycles. The van der Waals surface area contributed by atoms with Crippen molar-refractivity contribution in [1.82, 2.24) is 10.7 Å². The maximum Gasteiger partial charge on any atom is 0.187 e. The summed E-state index contributed by atoms with van der Waals surface area (Å²) in [4.78, 5) is 0. The summed E-state index contributed by atoms with van der Waals surface area (Å²) in [5, 5.41) is 7.47. The molecule has 0 saturated heterocycles. The Bertz CT molecular complexity index is 884. The van der Waals surface area contributed by atoms with Gasteiger partial charge in [-0.2, -0.15) is 5.10 Å². The number of thiocarbonyl (C=S) groups is 1. The van der Waals surface area contributed by atoms with Crippen molar-refractivity contribution in [3.05, 3.63) is 65.7 Å². The Labute approximate surface area is 183 Å². The minimum absolute atomic E-state index is 0.432. The van der Waals surface area contributed by atoms with E-state index >= 15 is 0 Å². The summed E-state index contributed by atoms with van der Waals surface area (Å²) in [5.74, 6) is 2.24. The number of methoxy groups -OCH3 is 1. The second kappa shape index (κ2) is 12.5.